The number of nitrogens with one attached hydrogen (secondary N) is 1. The van der Waals surface area contributed by atoms with Crippen molar-refractivity contribution in [3.63, 3.8) is 0 Å². The molecule has 1 aliphatic rings. The maximum atomic E-state index is 13.0. The van der Waals surface area contributed by atoms with E-state index in [0.29, 0.717) is 43.9 Å². The maximum Gasteiger partial charge on any atom is 0.300 e. The summed E-state index contributed by atoms with van der Waals surface area (Å²) in [6, 6.07) is 7.61. The molecule has 1 aliphatic heterocycles. The van der Waals surface area contributed by atoms with Crippen LogP contribution in [0.15, 0.2) is 41.3 Å². The largest absolute Gasteiger partial charge is 0.501 e. The minimum absolute atomic E-state index is 0.107. The number of aromatic hydroxyl groups is 1. The third-order valence-corrected chi connectivity index (χ3v) is 5.30. The summed E-state index contributed by atoms with van der Waals surface area (Å²) in [5.41, 5.74) is 1.59. The molecule has 1 amide bonds. The molecule has 1 aromatic carbocycles. The normalized spacial score (nSPS) is 14.1. The summed E-state index contributed by atoms with van der Waals surface area (Å²) in [5, 5.41) is 13.0. The number of hydrogen-bond acceptors (Lipinski definition) is 6. The fourth-order valence-corrected chi connectivity index (χ4v) is 3.56. The molecular weight excluding hydrogens is 403 g/mol. The van der Waals surface area contributed by atoms with Crippen molar-refractivity contribution < 1.29 is 19.0 Å². The number of rotatable bonds is 5. The van der Waals surface area contributed by atoms with Gasteiger partial charge in [-0.3, -0.25) is 14.0 Å². The van der Waals surface area contributed by atoms with Crippen LogP contribution in [-0.2, 0) is 17.7 Å². The molecule has 0 unspecified atom stereocenters. The van der Waals surface area contributed by atoms with Gasteiger partial charge >= 0.3 is 5.56 Å². The molecule has 9 heteroatoms. The Hall–Kier alpha value is -3.46. The second-order valence-corrected chi connectivity index (χ2v) is 7.29. The highest BCUT2D eigenvalue weighted by Gasteiger charge is 2.21. The lowest BCUT2D eigenvalue weighted by molar-refractivity contribution is 0.0942. The first kappa shape index (κ1) is 20.8. The molecule has 0 saturated carbocycles. The molecule has 0 aliphatic carbocycles. The predicted molar refractivity (Wildman–Crippen MR) is 113 cm³/mol. The number of morpholine rings is 1. The van der Waals surface area contributed by atoms with Crippen molar-refractivity contribution in [3.8, 4) is 5.75 Å². The van der Waals surface area contributed by atoms with Crippen LogP contribution in [0.25, 0.3) is 5.65 Å². The predicted octanol–water partition coefficient (Wildman–Crippen LogP) is 1.87. The number of hydrogen-bond donors (Lipinski definition) is 2. The van der Waals surface area contributed by atoms with Gasteiger partial charge < -0.3 is 20.1 Å². The summed E-state index contributed by atoms with van der Waals surface area (Å²) >= 11 is 0. The van der Waals surface area contributed by atoms with Gasteiger partial charge in [-0.2, -0.15) is 0 Å². The Morgan fingerprint density at radius 1 is 1.26 bits per heavy atom. The smallest absolute Gasteiger partial charge is 0.300 e. The minimum Gasteiger partial charge on any atom is -0.501 e. The average molecular weight is 426 g/mol. The number of amides is 1. The third kappa shape index (κ3) is 4.22. The van der Waals surface area contributed by atoms with Crippen molar-refractivity contribution in [1.29, 1.82) is 0 Å². The maximum absolute atomic E-state index is 13.0. The molecule has 31 heavy (non-hydrogen) atoms. The topological polar surface area (TPSA) is 96.2 Å². The van der Waals surface area contributed by atoms with Crippen LogP contribution < -0.4 is 15.8 Å². The minimum atomic E-state index is -0.713. The van der Waals surface area contributed by atoms with Crippen molar-refractivity contribution >= 4 is 17.2 Å². The van der Waals surface area contributed by atoms with Crippen LogP contribution in [0.5, 0.6) is 5.75 Å². The van der Waals surface area contributed by atoms with E-state index >= 15 is 0 Å². The van der Waals surface area contributed by atoms with Gasteiger partial charge in [0, 0.05) is 25.8 Å². The number of pyridine rings is 1. The van der Waals surface area contributed by atoms with Crippen LogP contribution in [0.2, 0.25) is 0 Å². The number of carbonyl (C=O) groups is 1. The molecule has 0 radical (unpaired) electrons. The Bertz CT molecular complexity index is 1170. The van der Waals surface area contributed by atoms with Crippen molar-refractivity contribution in [2.45, 2.75) is 19.9 Å². The van der Waals surface area contributed by atoms with E-state index in [0.717, 1.165) is 11.3 Å². The van der Waals surface area contributed by atoms with Gasteiger partial charge in [-0.15, -0.1) is 0 Å². The first-order valence-corrected chi connectivity index (χ1v) is 10.1. The molecule has 2 N–H and O–H groups in total. The first-order valence-electron chi connectivity index (χ1n) is 10.1. The molecule has 0 atom stereocenters. The van der Waals surface area contributed by atoms with Crippen LogP contribution in [0.1, 0.15) is 28.5 Å². The highest BCUT2D eigenvalue weighted by molar-refractivity contribution is 5.95. The van der Waals surface area contributed by atoms with Gasteiger partial charge in [-0.1, -0.05) is 19.1 Å². The van der Waals surface area contributed by atoms with Crippen LogP contribution >= 0.6 is 0 Å². The number of aryl methyl sites for hydroxylation is 1. The third-order valence-electron chi connectivity index (χ3n) is 5.30. The zero-order valence-corrected chi connectivity index (χ0v) is 17.1. The molecule has 1 fully saturated rings. The molecule has 3 heterocycles. The van der Waals surface area contributed by atoms with E-state index in [2.05, 4.69) is 15.2 Å². The van der Waals surface area contributed by atoms with Gasteiger partial charge in [0.2, 0.25) is 5.75 Å². The Morgan fingerprint density at radius 3 is 2.65 bits per heavy atom. The second-order valence-electron chi connectivity index (χ2n) is 7.29. The Kier molecular flexibility index (Phi) is 5.85. The molecule has 1 saturated heterocycles. The van der Waals surface area contributed by atoms with E-state index in [-0.39, 0.29) is 18.1 Å². The zero-order chi connectivity index (χ0) is 22.0. The summed E-state index contributed by atoms with van der Waals surface area (Å²) < 4.78 is 19.7. The summed E-state index contributed by atoms with van der Waals surface area (Å²) in [6.45, 7) is 4.65. The molecular formula is C22H23FN4O4. The number of halogens is 1. The molecule has 0 spiro atoms. The van der Waals surface area contributed by atoms with E-state index in [1.54, 1.807) is 18.3 Å². The van der Waals surface area contributed by atoms with Crippen LogP contribution in [0.4, 0.5) is 10.1 Å². The number of anilines is 1. The van der Waals surface area contributed by atoms with E-state index in [1.165, 1.54) is 16.5 Å². The number of fused-ring (bicyclic) bond motifs is 1. The lowest BCUT2D eigenvalue weighted by atomic mass is 10.1. The van der Waals surface area contributed by atoms with E-state index in [4.69, 9.17) is 4.74 Å². The lowest BCUT2D eigenvalue weighted by Gasteiger charge is -2.29. The van der Waals surface area contributed by atoms with Gasteiger partial charge in [0.15, 0.2) is 5.69 Å². The molecule has 162 valence electrons. The summed E-state index contributed by atoms with van der Waals surface area (Å²) in [4.78, 5) is 31.9. The van der Waals surface area contributed by atoms with Crippen molar-refractivity contribution in [2.75, 3.05) is 31.2 Å². The van der Waals surface area contributed by atoms with Gasteiger partial charge in [-0.25, -0.2) is 9.37 Å². The van der Waals surface area contributed by atoms with E-state index in [9.17, 15) is 19.1 Å². The summed E-state index contributed by atoms with van der Waals surface area (Å²) in [7, 11) is 0. The highest BCUT2D eigenvalue weighted by Crippen LogP contribution is 2.22. The van der Waals surface area contributed by atoms with Gasteiger partial charge in [0.1, 0.15) is 11.5 Å². The fraction of sp³-hybridized carbons (Fsp3) is 0.318. The lowest BCUT2D eigenvalue weighted by Crippen LogP contribution is -2.36. The standard InChI is InChI=1S/C22H23FN4O4/c1-2-15-11-17(26-7-9-31-10-8-26)13-27-20(15)25-18(19(28)22(27)30)21(29)24-12-14-3-5-16(23)6-4-14/h3-6,11,13,28H,2,7-10,12H2,1H3,(H,24,29). The van der Waals surface area contributed by atoms with Crippen molar-refractivity contribution in [1.82, 2.24) is 14.7 Å². The molecule has 0 bridgehead atoms. The average Bonchev–Trinajstić information content (AvgIpc) is 2.80. The first-order chi connectivity index (χ1) is 15.0. The van der Waals surface area contributed by atoms with Crippen LogP contribution in [0, 0.1) is 5.82 Å². The van der Waals surface area contributed by atoms with E-state index in [1.807, 2.05) is 13.0 Å². The highest BCUT2D eigenvalue weighted by atomic mass is 19.1. The van der Waals surface area contributed by atoms with Gasteiger partial charge in [0.25, 0.3) is 5.91 Å². The Labute approximate surface area is 177 Å². The van der Waals surface area contributed by atoms with E-state index < -0.39 is 17.2 Å². The van der Waals surface area contributed by atoms with Crippen molar-refractivity contribution in [2.24, 2.45) is 0 Å². The number of carbonyl (C=O) groups excluding carboxylic acids is 1. The Morgan fingerprint density at radius 2 is 1.97 bits per heavy atom. The van der Waals surface area contributed by atoms with Gasteiger partial charge in [-0.05, 0) is 35.7 Å². The van der Waals surface area contributed by atoms with Crippen LogP contribution in [0.3, 0.4) is 0 Å². The summed E-state index contributed by atoms with van der Waals surface area (Å²) in [5.74, 6) is -1.77. The second kappa shape index (κ2) is 8.73. The number of nitrogens with zero attached hydrogens (tertiary/aromatic N) is 3. The van der Waals surface area contributed by atoms with Crippen LogP contribution in [-0.4, -0.2) is 46.7 Å². The molecule has 8 nitrogen and oxygen atoms in total. The zero-order valence-electron chi connectivity index (χ0n) is 17.1. The monoisotopic (exact) mass is 426 g/mol. The number of ether oxygens (including phenoxy) is 1. The Balaban J connectivity index is 1.68. The van der Waals surface area contributed by atoms with Gasteiger partial charge in [0.05, 0.1) is 18.9 Å². The molecule has 3 aromatic rings. The number of aromatic nitrogens is 2. The quantitative estimate of drug-likeness (QED) is 0.647. The fourth-order valence-electron chi connectivity index (χ4n) is 3.56. The molecule has 2 aromatic heterocycles. The SMILES string of the molecule is CCc1cc(N2CCOCC2)cn2c(=O)c(O)c(C(=O)NCc3ccc(F)cc3)nc12. The summed E-state index contributed by atoms with van der Waals surface area (Å²) in [6.07, 6.45) is 2.23. The molecule has 4 rings (SSSR count). The van der Waals surface area contributed by atoms with Crippen molar-refractivity contribution in [3.05, 3.63) is 69.5 Å². The number of benzene rings is 1.